The number of carbonyl (C=O) groups excluding carboxylic acids is 1. The highest BCUT2D eigenvalue weighted by Gasteiger charge is 2.24. The van der Waals surface area contributed by atoms with E-state index in [2.05, 4.69) is 10.3 Å². The molecule has 0 aliphatic heterocycles. The highest BCUT2D eigenvalue weighted by atomic mass is 16.4. The van der Waals surface area contributed by atoms with Gasteiger partial charge in [-0.05, 0) is 32.9 Å². The smallest absolute Gasteiger partial charge is 0.308 e. The van der Waals surface area contributed by atoms with Crippen LogP contribution >= 0.6 is 0 Å². The minimum absolute atomic E-state index is 0.170. The Labute approximate surface area is 128 Å². The number of carbonyl (C=O) groups is 2. The number of nitrogens with zero attached hydrogens (tertiary/aromatic N) is 1. The number of hydrogen-bond acceptors (Lipinski definition) is 4. The monoisotopic (exact) mass is 302 g/mol. The summed E-state index contributed by atoms with van der Waals surface area (Å²) in [6.07, 6.45) is 0. The van der Waals surface area contributed by atoms with Gasteiger partial charge in [0.25, 0.3) is 5.91 Å². The molecule has 1 heterocycles. The molecule has 116 valence electrons. The molecule has 6 nitrogen and oxygen atoms in total. The van der Waals surface area contributed by atoms with Crippen molar-refractivity contribution in [1.82, 2.24) is 10.3 Å². The number of oxazole rings is 1. The van der Waals surface area contributed by atoms with Gasteiger partial charge in [-0.2, -0.15) is 0 Å². The molecule has 2 unspecified atom stereocenters. The third-order valence-corrected chi connectivity index (χ3v) is 3.53. The summed E-state index contributed by atoms with van der Waals surface area (Å²) >= 11 is 0. The van der Waals surface area contributed by atoms with Crippen LogP contribution < -0.4 is 5.32 Å². The van der Waals surface area contributed by atoms with Crippen LogP contribution in [0, 0.1) is 12.8 Å². The second-order valence-electron chi connectivity index (χ2n) is 5.18. The number of rotatable bonds is 5. The Morgan fingerprint density at radius 1 is 1.23 bits per heavy atom. The predicted molar refractivity (Wildman–Crippen MR) is 80.4 cm³/mol. The lowest BCUT2D eigenvalue weighted by Crippen LogP contribution is -2.40. The number of aryl methyl sites for hydroxylation is 1. The van der Waals surface area contributed by atoms with Crippen molar-refractivity contribution >= 4 is 11.9 Å². The van der Waals surface area contributed by atoms with Crippen molar-refractivity contribution in [3.63, 3.8) is 0 Å². The van der Waals surface area contributed by atoms with E-state index in [4.69, 9.17) is 9.52 Å². The molecule has 0 saturated carbocycles. The van der Waals surface area contributed by atoms with Crippen LogP contribution in [0.3, 0.4) is 0 Å². The summed E-state index contributed by atoms with van der Waals surface area (Å²) in [6, 6.07) is 8.74. The lowest BCUT2D eigenvalue weighted by Gasteiger charge is -2.16. The van der Waals surface area contributed by atoms with Gasteiger partial charge in [0.05, 0.1) is 5.92 Å². The zero-order chi connectivity index (χ0) is 16.3. The molecule has 2 rings (SSSR count). The van der Waals surface area contributed by atoms with Gasteiger partial charge in [0.1, 0.15) is 5.76 Å². The number of aromatic nitrogens is 1. The van der Waals surface area contributed by atoms with Gasteiger partial charge >= 0.3 is 5.97 Å². The predicted octanol–water partition coefficient (Wildman–Crippen LogP) is 2.49. The Hall–Kier alpha value is -2.63. The first-order chi connectivity index (χ1) is 10.4. The molecule has 2 aromatic rings. The van der Waals surface area contributed by atoms with Gasteiger partial charge in [-0.25, -0.2) is 4.98 Å². The Kier molecular flexibility index (Phi) is 4.60. The topological polar surface area (TPSA) is 92.4 Å². The summed E-state index contributed by atoms with van der Waals surface area (Å²) in [4.78, 5) is 27.4. The fourth-order valence-corrected chi connectivity index (χ4v) is 1.93. The summed E-state index contributed by atoms with van der Waals surface area (Å²) in [5, 5.41) is 11.6. The van der Waals surface area contributed by atoms with Crippen molar-refractivity contribution in [1.29, 1.82) is 0 Å². The summed E-state index contributed by atoms with van der Waals surface area (Å²) in [6.45, 7) is 4.84. The summed E-state index contributed by atoms with van der Waals surface area (Å²) < 4.78 is 5.52. The highest BCUT2D eigenvalue weighted by molar-refractivity contribution is 5.94. The van der Waals surface area contributed by atoms with Crippen LogP contribution in [0.25, 0.3) is 11.5 Å². The van der Waals surface area contributed by atoms with E-state index in [0.717, 1.165) is 5.56 Å². The lowest BCUT2D eigenvalue weighted by atomic mass is 10.0. The molecule has 0 saturated heterocycles. The van der Waals surface area contributed by atoms with Gasteiger partial charge in [-0.15, -0.1) is 0 Å². The van der Waals surface area contributed by atoms with E-state index in [1.54, 1.807) is 20.8 Å². The van der Waals surface area contributed by atoms with Crippen molar-refractivity contribution in [2.45, 2.75) is 26.8 Å². The largest absolute Gasteiger partial charge is 0.481 e. The molecule has 22 heavy (non-hydrogen) atoms. The zero-order valence-corrected chi connectivity index (χ0v) is 12.7. The maximum atomic E-state index is 12.2. The number of amides is 1. The maximum Gasteiger partial charge on any atom is 0.308 e. The van der Waals surface area contributed by atoms with E-state index < -0.39 is 23.8 Å². The first-order valence-electron chi connectivity index (χ1n) is 6.96. The molecule has 0 aliphatic rings. The first-order valence-corrected chi connectivity index (χ1v) is 6.96. The molecule has 0 aliphatic carbocycles. The Balaban J connectivity index is 2.18. The molecular formula is C16H18N2O4. The SMILES string of the molecule is Cc1oc(-c2ccccc2)nc1C(=O)NC(C)C(C)C(=O)O. The van der Waals surface area contributed by atoms with Gasteiger partial charge < -0.3 is 14.8 Å². The molecular weight excluding hydrogens is 284 g/mol. The highest BCUT2D eigenvalue weighted by Crippen LogP contribution is 2.21. The average molecular weight is 302 g/mol. The first kappa shape index (κ1) is 15.8. The molecule has 0 fully saturated rings. The normalized spacial score (nSPS) is 13.4. The van der Waals surface area contributed by atoms with E-state index in [9.17, 15) is 9.59 Å². The second kappa shape index (κ2) is 6.43. The van der Waals surface area contributed by atoms with Crippen molar-refractivity contribution in [3.8, 4) is 11.5 Å². The van der Waals surface area contributed by atoms with Crippen molar-refractivity contribution in [2.24, 2.45) is 5.92 Å². The number of nitrogens with one attached hydrogen (secondary N) is 1. The fraction of sp³-hybridized carbons (Fsp3) is 0.312. The Bertz CT molecular complexity index is 679. The number of benzene rings is 1. The van der Waals surface area contributed by atoms with Crippen molar-refractivity contribution < 1.29 is 19.1 Å². The minimum atomic E-state index is -0.963. The van der Waals surface area contributed by atoms with Crippen LogP contribution in [0.4, 0.5) is 0 Å². The molecule has 0 spiro atoms. The van der Waals surface area contributed by atoms with E-state index in [-0.39, 0.29) is 5.69 Å². The molecule has 2 N–H and O–H groups in total. The summed E-state index contributed by atoms with van der Waals surface area (Å²) in [7, 11) is 0. The molecule has 6 heteroatoms. The van der Waals surface area contributed by atoms with Crippen molar-refractivity contribution in [2.75, 3.05) is 0 Å². The third kappa shape index (κ3) is 3.33. The summed E-state index contributed by atoms with van der Waals surface area (Å²) in [5.74, 6) is -1.34. The number of carboxylic acids is 1. The van der Waals surface area contributed by atoms with Gasteiger partial charge in [-0.3, -0.25) is 9.59 Å². The molecule has 2 atom stereocenters. The zero-order valence-electron chi connectivity index (χ0n) is 12.7. The van der Waals surface area contributed by atoms with Gasteiger partial charge in [0.15, 0.2) is 5.69 Å². The summed E-state index contributed by atoms with van der Waals surface area (Å²) in [5.41, 5.74) is 0.944. The van der Waals surface area contributed by atoms with E-state index >= 15 is 0 Å². The van der Waals surface area contributed by atoms with Crippen LogP contribution in [0.5, 0.6) is 0 Å². The minimum Gasteiger partial charge on any atom is -0.481 e. The molecule has 1 aromatic carbocycles. The average Bonchev–Trinajstić information content (AvgIpc) is 2.89. The Morgan fingerprint density at radius 3 is 2.45 bits per heavy atom. The number of aliphatic carboxylic acids is 1. The van der Waals surface area contributed by atoms with Crippen molar-refractivity contribution in [3.05, 3.63) is 41.8 Å². The maximum absolute atomic E-state index is 12.2. The molecule has 0 bridgehead atoms. The van der Waals surface area contributed by atoms with Crippen LogP contribution in [0.2, 0.25) is 0 Å². The van der Waals surface area contributed by atoms with E-state index in [1.165, 1.54) is 0 Å². The van der Waals surface area contributed by atoms with Crippen LogP contribution in [0.15, 0.2) is 34.7 Å². The lowest BCUT2D eigenvalue weighted by molar-refractivity contribution is -0.141. The quantitative estimate of drug-likeness (QED) is 0.885. The van der Waals surface area contributed by atoms with Gasteiger partial charge in [-0.1, -0.05) is 18.2 Å². The molecule has 1 amide bonds. The fourth-order valence-electron chi connectivity index (χ4n) is 1.93. The van der Waals surface area contributed by atoms with Crippen LogP contribution in [-0.2, 0) is 4.79 Å². The number of hydrogen-bond donors (Lipinski definition) is 2. The van der Waals surface area contributed by atoms with E-state index in [1.807, 2.05) is 30.3 Å². The van der Waals surface area contributed by atoms with Gasteiger partial charge in [0.2, 0.25) is 5.89 Å². The van der Waals surface area contributed by atoms with E-state index in [0.29, 0.717) is 11.7 Å². The van der Waals surface area contributed by atoms with Crippen LogP contribution in [-0.4, -0.2) is 28.0 Å². The van der Waals surface area contributed by atoms with Crippen LogP contribution in [0.1, 0.15) is 30.1 Å². The second-order valence-corrected chi connectivity index (χ2v) is 5.18. The third-order valence-electron chi connectivity index (χ3n) is 3.53. The molecule has 1 aromatic heterocycles. The Morgan fingerprint density at radius 2 is 1.86 bits per heavy atom. The molecule has 0 radical (unpaired) electrons. The van der Waals surface area contributed by atoms with Gasteiger partial charge in [0, 0.05) is 11.6 Å². The standard InChI is InChI=1S/C16H18N2O4/c1-9(16(20)21)10(2)17-14(19)13-11(3)22-15(18-13)12-7-5-4-6-8-12/h4-10H,1-3H3,(H,17,19)(H,20,21). The number of carboxylic acid groups (broad SMARTS) is 1.